The number of aliphatic hydroxyl groups excluding tert-OH is 1. The van der Waals surface area contributed by atoms with Gasteiger partial charge in [-0.3, -0.25) is 0 Å². The van der Waals surface area contributed by atoms with Gasteiger partial charge in [-0.15, -0.1) is 0 Å². The van der Waals surface area contributed by atoms with Crippen molar-refractivity contribution in [2.75, 3.05) is 6.61 Å². The normalized spacial score (nSPS) is 11.8. The zero-order chi connectivity index (χ0) is 12.0. The molecule has 0 bridgehead atoms. The van der Waals surface area contributed by atoms with Crippen molar-refractivity contribution in [2.45, 2.75) is 12.6 Å². The monoisotopic (exact) mass is 228 g/mol. The topological polar surface area (TPSA) is 112 Å². The highest BCUT2D eigenvalue weighted by Crippen LogP contribution is 1.98. The number of rotatable bonds is 5. The van der Waals surface area contributed by atoms with Gasteiger partial charge in [0.1, 0.15) is 0 Å². The van der Waals surface area contributed by atoms with Crippen molar-refractivity contribution >= 4 is 12.0 Å². The van der Waals surface area contributed by atoms with Crippen LogP contribution in [0.5, 0.6) is 0 Å². The van der Waals surface area contributed by atoms with E-state index < -0.39 is 24.6 Å². The minimum Gasteiger partial charge on any atom is -0.480 e. The fourth-order valence-corrected chi connectivity index (χ4v) is 0.970. The van der Waals surface area contributed by atoms with Crippen LogP contribution in [0.3, 0.4) is 0 Å². The van der Waals surface area contributed by atoms with Gasteiger partial charge in [0.2, 0.25) is 0 Å². The van der Waals surface area contributed by atoms with Crippen LogP contribution in [-0.2, 0) is 11.3 Å². The van der Waals surface area contributed by atoms with Crippen molar-refractivity contribution in [1.82, 2.24) is 10.6 Å². The Balaban J connectivity index is 2.33. The molecule has 7 nitrogen and oxygen atoms in total. The largest absolute Gasteiger partial charge is 0.480 e. The number of urea groups is 1. The van der Waals surface area contributed by atoms with Gasteiger partial charge >= 0.3 is 12.0 Å². The molecule has 88 valence electrons. The maximum absolute atomic E-state index is 11.2. The van der Waals surface area contributed by atoms with Gasteiger partial charge in [0.25, 0.3) is 0 Å². The molecule has 1 rings (SSSR count). The Morgan fingerprint density at radius 1 is 1.50 bits per heavy atom. The summed E-state index contributed by atoms with van der Waals surface area (Å²) in [6.07, 6.45) is 2.92. The summed E-state index contributed by atoms with van der Waals surface area (Å²) in [6, 6.07) is -0.298. The molecule has 1 aromatic rings. The molecular weight excluding hydrogens is 216 g/mol. The highest BCUT2D eigenvalue weighted by molar-refractivity contribution is 5.82. The molecule has 0 aliphatic heterocycles. The molecule has 1 atom stereocenters. The van der Waals surface area contributed by atoms with Crippen LogP contribution in [0.15, 0.2) is 23.0 Å². The van der Waals surface area contributed by atoms with Gasteiger partial charge in [0, 0.05) is 12.1 Å². The molecule has 0 spiro atoms. The number of amides is 2. The van der Waals surface area contributed by atoms with E-state index in [4.69, 9.17) is 14.6 Å². The maximum atomic E-state index is 11.2. The number of carboxylic acid groups (broad SMARTS) is 1. The molecule has 0 aliphatic carbocycles. The van der Waals surface area contributed by atoms with Gasteiger partial charge in [0.15, 0.2) is 6.04 Å². The van der Waals surface area contributed by atoms with Gasteiger partial charge in [-0.05, 0) is 6.07 Å². The van der Waals surface area contributed by atoms with E-state index in [2.05, 4.69) is 10.6 Å². The van der Waals surface area contributed by atoms with Gasteiger partial charge in [-0.25, -0.2) is 9.59 Å². The van der Waals surface area contributed by atoms with Crippen LogP contribution in [0.25, 0.3) is 0 Å². The molecule has 0 radical (unpaired) electrons. The molecule has 0 aliphatic rings. The summed E-state index contributed by atoms with van der Waals surface area (Å²) in [5.41, 5.74) is 0.756. The van der Waals surface area contributed by atoms with E-state index in [9.17, 15) is 9.59 Å². The van der Waals surface area contributed by atoms with Crippen molar-refractivity contribution in [3.8, 4) is 0 Å². The fourth-order valence-electron chi connectivity index (χ4n) is 0.970. The van der Waals surface area contributed by atoms with Crippen LogP contribution < -0.4 is 10.6 Å². The second-order valence-corrected chi connectivity index (χ2v) is 3.03. The van der Waals surface area contributed by atoms with Gasteiger partial charge < -0.3 is 25.3 Å². The van der Waals surface area contributed by atoms with E-state index in [1.165, 1.54) is 12.5 Å². The zero-order valence-corrected chi connectivity index (χ0v) is 8.34. The van der Waals surface area contributed by atoms with E-state index in [1.807, 2.05) is 0 Å². The lowest BCUT2D eigenvalue weighted by Gasteiger charge is -2.11. The zero-order valence-electron chi connectivity index (χ0n) is 8.34. The van der Waals surface area contributed by atoms with Gasteiger partial charge in [-0.1, -0.05) is 0 Å². The summed E-state index contributed by atoms with van der Waals surface area (Å²) in [5.74, 6) is -1.29. The van der Waals surface area contributed by atoms with E-state index in [1.54, 1.807) is 6.07 Å². The summed E-state index contributed by atoms with van der Waals surface area (Å²) in [6.45, 7) is -0.436. The average molecular weight is 228 g/mol. The number of nitrogens with one attached hydrogen (secondary N) is 2. The lowest BCUT2D eigenvalue weighted by molar-refractivity contribution is -0.140. The molecule has 0 aromatic carbocycles. The van der Waals surface area contributed by atoms with Crippen molar-refractivity contribution in [1.29, 1.82) is 0 Å². The molecule has 0 saturated heterocycles. The van der Waals surface area contributed by atoms with Crippen LogP contribution in [0.2, 0.25) is 0 Å². The van der Waals surface area contributed by atoms with Crippen LogP contribution >= 0.6 is 0 Å². The first kappa shape index (κ1) is 12.1. The second kappa shape index (κ2) is 5.76. The van der Waals surface area contributed by atoms with Crippen LogP contribution in [0, 0.1) is 0 Å². The Morgan fingerprint density at radius 3 is 2.75 bits per heavy atom. The molecule has 0 saturated carbocycles. The third kappa shape index (κ3) is 3.62. The summed E-state index contributed by atoms with van der Waals surface area (Å²) < 4.78 is 4.78. The van der Waals surface area contributed by atoms with E-state index >= 15 is 0 Å². The van der Waals surface area contributed by atoms with Crippen molar-refractivity contribution in [3.05, 3.63) is 24.2 Å². The molecule has 1 aromatic heterocycles. The van der Waals surface area contributed by atoms with Crippen molar-refractivity contribution in [3.63, 3.8) is 0 Å². The Morgan fingerprint density at radius 2 is 2.25 bits per heavy atom. The molecule has 4 N–H and O–H groups in total. The third-order valence-electron chi connectivity index (χ3n) is 1.82. The fraction of sp³-hybridized carbons (Fsp3) is 0.333. The molecule has 0 fully saturated rings. The number of hydrogen-bond acceptors (Lipinski definition) is 4. The summed E-state index contributed by atoms with van der Waals surface area (Å²) in [7, 11) is 0. The average Bonchev–Trinajstić information content (AvgIpc) is 2.75. The van der Waals surface area contributed by atoms with Gasteiger partial charge in [-0.2, -0.15) is 0 Å². The van der Waals surface area contributed by atoms with Crippen molar-refractivity contribution < 1.29 is 24.2 Å². The lowest BCUT2D eigenvalue weighted by atomic mass is 10.3. The minimum atomic E-state index is -1.30. The molecule has 7 heteroatoms. The quantitative estimate of drug-likeness (QED) is 0.544. The summed E-state index contributed by atoms with van der Waals surface area (Å²) in [5, 5.41) is 21.7. The maximum Gasteiger partial charge on any atom is 0.328 e. The van der Waals surface area contributed by atoms with Crippen LogP contribution in [0.4, 0.5) is 4.79 Å². The number of aliphatic hydroxyl groups is 1. The summed E-state index contributed by atoms with van der Waals surface area (Å²) >= 11 is 0. The third-order valence-corrected chi connectivity index (χ3v) is 1.82. The number of carbonyl (C=O) groups excluding carboxylic acids is 1. The summed E-state index contributed by atoms with van der Waals surface area (Å²) in [4.78, 5) is 21.7. The van der Waals surface area contributed by atoms with Crippen LogP contribution in [-0.4, -0.2) is 34.9 Å². The Hall–Kier alpha value is -2.02. The highest BCUT2D eigenvalue weighted by Gasteiger charge is 2.18. The first-order valence-corrected chi connectivity index (χ1v) is 4.52. The number of furan rings is 1. The number of carboxylic acids is 1. The van der Waals surface area contributed by atoms with E-state index in [-0.39, 0.29) is 6.54 Å². The second-order valence-electron chi connectivity index (χ2n) is 3.03. The smallest absolute Gasteiger partial charge is 0.328 e. The van der Waals surface area contributed by atoms with E-state index in [0.717, 1.165) is 5.56 Å². The first-order valence-electron chi connectivity index (χ1n) is 4.52. The minimum absolute atomic E-state index is 0.222. The molecule has 1 heterocycles. The number of carbonyl (C=O) groups is 2. The SMILES string of the molecule is O=C(NCc1ccoc1)N[C@@H](CO)C(=O)O. The van der Waals surface area contributed by atoms with E-state index in [0.29, 0.717) is 0 Å². The number of aliphatic carboxylic acids is 1. The Kier molecular flexibility index (Phi) is 4.34. The predicted octanol–water partition coefficient (Wildman–Crippen LogP) is -0.476. The lowest BCUT2D eigenvalue weighted by Crippen LogP contribution is -2.47. The molecule has 2 amide bonds. The first-order chi connectivity index (χ1) is 7.63. The van der Waals surface area contributed by atoms with Crippen LogP contribution in [0.1, 0.15) is 5.56 Å². The van der Waals surface area contributed by atoms with Gasteiger partial charge in [0.05, 0.1) is 19.1 Å². The molecule has 0 unspecified atom stereocenters. The Bertz CT molecular complexity index is 349. The standard InChI is InChI=1S/C9H12N2O5/c12-4-7(8(13)14)11-9(15)10-3-6-1-2-16-5-6/h1-2,5,7,12H,3-4H2,(H,13,14)(H2,10,11,15)/t7-/m0/s1. The number of hydrogen-bond donors (Lipinski definition) is 4. The molecular formula is C9H12N2O5. The predicted molar refractivity (Wildman–Crippen MR) is 52.6 cm³/mol. The molecule has 16 heavy (non-hydrogen) atoms. The Labute approximate surface area is 91.1 Å². The highest BCUT2D eigenvalue weighted by atomic mass is 16.4. The van der Waals surface area contributed by atoms with Crippen molar-refractivity contribution in [2.24, 2.45) is 0 Å².